The standard InChI is InChI=1S/C17H26N2O5S/c1-4-6-17(20)18-9-5-10-19(12-11-18)25(21,22)16-8-7-14(23-2)13-15(16)24-3/h7-8,13H,4-6,9-12H2,1-3H3. The van der Waals surface area contributed by atoms with Gasteiger partial charge in [0.05, 0.1) is 14.2 Å². The highest BCUT2D eigenvalue weighted by atomic mass is 32.2. The van der Waals surface area contributed by atoms with Crippen LogP contribution >= 0.6 is 0 Å². The minimum absolute atomic E-state index is 0.0868. The Labute approximate surface area is 149 Å². The van der Waals surface area contributed by atoms with E-state index < -0.39 is 10.0 Å². The largest absolute Gasteiger partial charge is 0.497 e. The summed E-state index contributed by atoms with van der Waals surface area (Å²) in [5, 5.41) is 0. The molecule has 1 aliphatic heterocycles. The first-order valence-electron chi connectivity index (χ1n) is 8.44. The van der Waals surface area contributed by atoms with Gasteiger partial charge in [0.1, 0.15) is 16.4 Å². The first kappa shape index (κ1) is 19.5. The second-order valence-corrected chi connectivity index (χ2v) is 7.81. The maximum atomic E-state index is 13.0. The number of benzene rings is 1. The average Bonchev–Trinajstić information content (AvgIpc) is 2.88. The third kappa shape index (κ3) is 4.43. The van der Waals surface area contributed by atoms with Gasteiger partial charge in [0.15, 0.2) is 0 Å². The van der Waals surface area contributed by atoms with E-state index in [9.17, 15) is 13.2 Å². The number of rotatable bonds is 6. The molecule has 25 heavy (non-hydrogen) atoms. The van der Waals surface area contributed by atoms with E-state index in [0.29, 0.717) is 38.2 Å². The summed E-state index contributed by atoms with van der Waals surface area (Å²) in [6.45, 7) is 3.63. The summed E-state index contributed by atoms with van der Waals surface area (Å²) in [6.07, 6.45) is 1.91. The number of carbonyl (C=O) groups excluding carboxylic acids is 1. The smallest absolute Gasteiger partial charge is 0.246 e. The molecular weight excluding hydrogens is 344 g/mol. The summed E-state index contributed by atoms with van der Waals surface area (Å²) < 4.78 is 37.8. The lowest BCUT2D eigenvalue weighted by atomic mass is 10.3. The van der Waals surface area contributed by atoms with Crippen molar-refractivity contribution in [2.75, 3.05) is 40.4 Å². The summed E-state index contributed by atoms with van der Waals surface area (Å²) in [6, 6.07) is 4.66. The molecule has 0 spiro atoms. The molecule has 2 rings (SSSR count). The first-order chi connectivity index (χ1) is 11.9. The van der Waals surface area contributed by atoms with Gasteiger partial charge in [-0.3, -0.25) is 4.79 Å². The predicted octanol–water partition coefficient (Wildman–Crippen LogP) is 1.73. The normalized spacial score (nSPS) is 16.4. The zero-order chi connectivity index (χ0) is 18.4. The zero-order valence-corrected chi connectivity index (χ0v) is 15.8. The Bertz CT molecular complexity index is 705. The van der Waals surface area contributed by atoms with E-state index in [1.54, 1.807) is 17.0 Å². The Kier molecular flexibility index (Phi) is 6.66. The van der Waals surface area contributed by atoms with Crippen molar-refractivity contribution in [3.8, 4) is 11.5 Å². The maximum absolute atomic E-state index is 13.0. The van der Waals surface area contributed by atoms with Gasteiger partial charge in [-0.25, -0.2) is 8.42 Å². The molecule has 0 bridgehead atoms. The number of hydrogen-bond acceptors (Lipinski definition) is 5. The van der Waals surface area contributed by atoms with Crippen molar-refractivity contribution in [1.29, 1.82) is 0 Å². The van der Waals surface area contributed by atoms with Crippen LogP contribution in [0.3, 0.4) is 0 Å². The fourth-order valence-electron chi connectivity index (χ4n) is 2.88. The van der Waals surface area contributed by atoms with Crippen LogP contribution in [0.25, 0.3) is 0 Å². The summed E-state index contributed by atoms with van der Waals surface area (Å²) in [5.74, 6) is 0.870. The van der Waals surface area contributed by atoms with Crippen molar-refractivity contribution in [2.45, 2.75) is 31.1 Å². The van der Waals surface area contributed by atoms with Crippen LogP contribution in [0, 0.1) is 0 Å². The van der Waals surface area contributed by atoms with Gasteiger partial charge in [-0.2, -0.15) is 4.31 Å². The van der Waals surface area contributed by atoms with Gasteiger partial charge in [-0.05, 0) is 25.0 Å². The molecule has 1 aliphatic rings. The molecule has 0 aromatic heterocycles. The van der Waals surface area contributed by atoms with Crippen molar-refractivity contribution < 1.29 is 22.7 Å². The predicted molar refractivity (Wildman–Crippen MR) is 94.4 cm³/mol. The summed E-state index contributed by atoms with van der Waals surface area (Å²) in [5.41, 5.74) is 0. The molecule has 1 amide bonds. The van der Waals surface area contributed by atoms with Gasteiger partial charge < -0.3 is 14.4 Å². The monoisotopic (exact) mass is 370 g/mol. The van der Waals surface area contributed by atoms with Crippen LogP contribution in [0.4, 0.5) is 0 Å². The molecule has 0 saturated carbocycles. The van der Waals surface area contributed by atoms with Crippen molar-refractivity contribution in [1.82, 2.24) is 9.21 Å². The number of amides is 1. The van der Waals surface area contributed by atoms with Gasteiger partial charge >= 0.3 is 0 Å². The Morgan fingerprint density at radius 3 is 2.52 bits per heavy atom. The van der Waals surface area contributed by atoms with Crippen LogP contribution in [-0.2, 0) is 14.8 Å². The number of carbonyl (C=O) groups is 1. The Hall–Kier alpha value is -1.80. The van der Waals surface area contributed by atoms with E-state index in [0.717, 1.165) is 6.42 Å². The van der Waals surface area contributed by atoms with E-state index in [2.05, 4.69) is 0 Å². The summed E-state index contributed by atoms with van der Waals surface area (Å²) in [7, 11) is -0.754. The number of ether oxygens (including phenoxy) is 2. The van der Waals surface area contributed by atoms with Crippen LogP contribution in [0.15, 0.2) is 23.1 Å². The number of methoxy groups -OCH3 is 2. The topological polar surface area (TPSA) is 76.2 Å². The number of hydrogen-bond donors (Lipinski definition) is 0. The lowest BCUT2D eigenvalue weighted by Gasteiger charge is -2.22. The average molecular weight is 370 g/mol. The SMILES string of the molecule is CCCC(=O)N1CCCN(S(=O)(=O)c2ccc(OC)cc2OC)CC1. The maximum Gasteiger partial charge on any atom is 0.246 e. The molecule has 0 atom stereocenters. The summed E-state index contributed by atoms with van der Waals surface area (Å²) in [4.78, 5) is 13.9. The third-order valence-corrected chi connectivity index (χ3v) is 6.20. The first-order valence-corrected chi connectivity index (χ1v) is 9.88. The number of nitrogens with zero attached hydrogens (tertiary/aromatic N) is 2. The van der Waals surface area contributed by atoms with Gasteiger partial charge in [0.2, 0.25) is 15.9 Å². The molecule has 1 fully saturated rings. The highest BCUT2D eigenvalue weighted by Crippen LogP contribution is 2.31. The van der Waals surface area contributed by atoms with E-state index in [4.69, 9.17) is 9.47 Å². The van der Waals surface area contributed by atoms with E-state index in [1.807, 2.05) is 6.92 Å². The Balaban J connectivity index is 2.21. The number of sulfonamides is 1. The lowest BCUT2D eigenvalue weighted by molar-refractivity contribution is -0.131. The second-order valence-electron chi connectivity index (χ2n) is 5.91. The highest BCUT2D eigenvalue weighted by Gasteiger charge is 2.30. The van der Waals surface area contributed by atoms with Gasteiger partial charge in [0.25, 0.3) is 0 Å². The minimum Gasteiger partial charge on any atom is -0.497 e. The summed E-state index contributed by atoms with van der Waals surface area (Å²) >= 11 is 0. The van der Waals surface area contributed by atoms with E-state index in [1.165, 1.54) is 24.6 Å². The molecule has 1 aromatic rings. The van der Waals surface area contributed by atoms with Crippen molar-refractivity contribution >= 4 is 15.9 Å². The van der Waals surface area contributed by atoms with E-state index >= 15 is 0 Å². The van der Waals surface area contributed by atoms with Crippen molar-refractivity contribution in [3.05, 3.63) is 18.2 Å². The van der Waals surface area contributed by atoms with Crippen LogP contribution in [0.2, 0.25) is 0 Å². The molecule has 7 nitrogen and oxygen atoms in total. The molecule has 0 aliphatic carbocycles. The molecule has 1 aromatic carbocycles. The van der Waals surface area contributed by atoms with Crippen LogP contribution in [-0.4, -0.2) is 63.9 Å². The van der Waals surface area contributed by atoms with Gasteiger partial charge in [-0.15, -0.1) is 0 Å². The lowest BCUT2D eigenvalue weighted by Crippen LogP contribution is -2.37. The molecule has 140 valence electrons. The fraction of sp³-hybridized carbons (Fsp3) is 0.588. The van der Waals surface area contributed by atoms with Crippen molar-refractivity contribution in [2.24, 2.45) is 0 Å². The minimum atomic E-state index is -3.70. The zero-order valence-electron chi connectivity index (χ0n) is 15.0. The van der Waals surface area contributed by atoms with Crippen molar-refractivity contribution in [3.63, 3.8) is 0 Å². The third-order valence-electron chi connectivity index (χ3n) is 4.26. The second kappa shape index (κ2) is 8.53. The Morgan fingerprint density at radius 2 is 1.88 bits per heavy atom. The molecular formula is C17H26N2O5S. The molecule has 8 heteroatoms. The van der Waals surface area contributed by atoms with E-state index in [-0.39, 0.29) is 23.1 Å². The Morgan fingerprint density at radius 1 is 1.12 bits per heavy atom. The molecule has 0 radical (unpaired) electrons. The molecule has 0 unspecified atom stereocenters. The molecule has 0 N–H and O–H groups in total. The van der Waals surface area contributed by atoms with Crippen LogP contribution in [0.5, 0.6) is 11.5 Å². The van der Waals surface area contributed by atoms with Crippen LogP contribution < -0.4 is 9.47 Å². The fourth-order valence-corrected chi connectivity index (χ4v) is 4.49. The van der Waals surface area contributed by atoms with Gasteiger partial charge in [0, 0.05) is 38.7 Å². The quantitative estimate of drug-likeness (QED) is 0.762. The highest BCUT2D eigenvalue weighted by molar-refractivity contribution is 7.89. The van der Waals surface area contributed by atoms with Crippen LogP contribution in [0.1, 0.15) is 26.2 Å². The van der Waals surface area contributed by atoms with Gasteiger partial charge in [-0.1, -0.05) is 6.92 Å². The molecule has 1 heterocycles. The molecule has 1 saturated heterocycles.